The first-order valence-electron chi connectivity index (χ1n) is 5.52. The van der Waals surface area contributed by atoms with Crippen LogP contribution in [0.4, 0.5) is 4.39 Å². The molecule has 2 aromatic rings. The van der Waals surface area contributed by atoms with Crippen LogP contribution < -0.4 is 5.73 Å². The van der Waals surface area contributed by atoms with E-state index in [2.05, 4.69) is 31.9 Å². The Kier molecular flexibility index (Phi) is 4.54. The van der Waals surface area contributed by atoms with Crippen LogP contribution in [0.15, 0.2) is 51.4 Å². The Labute approximate surface area is 122 Å². The Morgan fingerprint density at radius 3 is 2.33 bits per heavy atom. The van der Waals surface area contributed by atoms with Gasteiger partial charge >= 0.3 is 0 Å². The molecule has 0 fully saturated rings. The molecule has 2 N–H and O–H groups in total. The topological polar surface area (TPSA) is 26.0 Å². The summed E-state index contributed by atoms with van der Waals surface area (Å²) < 4.78 is 15.5. The zero-order valence-corrected chi connectivity index (χ0v) is 12.7. The summed E-state index contributed by atoms with van der Waals surface area (Å²) >= 11 is 6.82. The average molecular weight is 373 g/mol. The lowest BCUT2D eigenvalue weighted by atomic mass is 9.99. The molecule has 1 atom stereocenters. The SMILES string of the molecule is NC(Cc1ccccc1Br)c1c(F)cccc1Br. The van der Waals surface area contributed by atoms with Crippen molar-refractivity contribution >= 4 is 31.9 Å². The van der Waals surface area contributed by atoms with Crippen molar-refractivity contribution in [3.8, 4) is 0 Å². The lowest BCUT2D eigenvalue weighted by Crippen LogP contribution is -2.16. The van der Waals surface area contributed by atoms with E-state index in [9.17, 15) is 4.39 Å². The molecule has 0 aliphatic heterocycles. The molecule has 1 unspecified atom stereocenters. The quantitative estimate of drug-likeness (QED) is 0.837. The van der Waals surface area contributed by atoms with Crippen molar-refractivity contribution in [1.82, 2.24) is 0 Å². The summed E-state index contributed by atoms with van der Waals surface area (Å²) in [5, 5.41) is 0. The van der Waals surface area contributed by atoms with Gasteiger partial charge in [-0.3, -0.25) is 0 Å². The lowest BCUT2D eigenvalue weighted by molar-refractivity contribution is 0.578. The van der Waals surface area contributed by atoms with Gasteiger partial charge in [-0.15, -0.1) is 0 Å². The van der Waals surface area contributed by atoms with Crippen molar-refractivity contribution in [2.24, 2.45) is 5.73 Å². The molecule has 0 saturated heterocycles. The van der Waals surface area contributed by atoms with Crippen molar-refractivity contribution in [3.05, 3.63) is 68.4 Å². The summed E-state index contributed by atoms with van der Waals surface area (Å²) in [6.45, 7) is 0. The summed E-state index contributed by atoms with van der Waals surface area (Å²) in [7, 11) is 0. The molecule has 0 amide bonds. The number of hydrogen-bond donors (Lipinski definition) is 1. The molecule has 0 bridgehead atoms. The Bertz CT molecular complexity index is 537. The van der Waals surface area contributed by atoms with Gasteiger partial charge in [0.25, 0.3) is 0 Å². The first kappa shape index (κ1) is 13.7. The second kappa shape index (κ2) is 5.95. The van der Waals surface area contributed by atoms with Gasteiger partial charge in [-0.1, -0.05) is 56.1 Å². The molecule has 2 rings (SSSR count). The molecule has 4 heteroatoms. The lowest BCUT2D eigenvalue weighted by Gasteiger charge is -2.15. The maximum Gasteiger partial charge on any atom is 0.129 e. The molecule has 0 heterocycles. The van der Waals surface area contributed by atoms with E-state index in [1.807, 2.05) is 24.3 Å². The monoisotopic (exact) mass is 371 g/mol. The zero-order chi connectivity index (χ0) is 13.1. The third kappa shape index (κ3) is 2.99. The van der Waals surface area contributed by atoms with E-state index in [0.717, 1.165) is 10.0 Å². The Balaban J connectivity index is 2.28. The highest BCUT2D eigenvalue weighted by molar-refractivity contribution is 9.10. The number of halogens is 3. The summed E-state index contributed by atoms with van der Waals surface area (Å²) in [4.78, 5) is 0. The second-order valence-electron chi connectivity index (χ2n) is 4.04. The third-order valence-corrected chi connectivity index (χ3v) is 4.23. The highest BCUT2D eigenvalue weighted by Gasteiger charge is 2.16. The summed E-state index contributed by atoms with van der Waals surface area (Å²) in [5.74, 6) is -0.274. The summed E-state index contributed by atoms with van der Waals surface area (Å²) in [6.07, 6.45) is 0.584. The van der Waals surface area contributed by atoms with E-state index in [-0.39, 0.29) is 11.9 Å². The molecule has 18 heavy (non-hydrogen) atoms. The van der Waals surface area contributed by atoms with Crippen LogP contribution in [0.25, 0.3) is 0 Å². The molecule has 0 saturated carbocycles. The zero-order valence-electron chi connectivity index (χ0n) is 9.54. The molecule has 0 radical (unpaired) electrons. The van der Waals surface area contributed by atoms with Crippen molar-refractivity contribution in [1.29, 1.82) is 0 Å². The summed E-state index contributed by atoms with van der Waals surface area (Å²) in [5.41, 5.74) is 7.70. The fourth-order valence-electron chi connectivity index (χ4n) is 1.87. The van der Waals surface area contributed by atoms with E-state index in [1.165, 1.54) is 6.07 Å². The molecular weight excluding hydrogens is 361 g/mol. The molecule has 1 nitrogen and oxygen atoms in total. The maximum atomic E-state index is 13.8. The van der Waals surface area contributed by atoms with Crippen LogP contribution >= 0.6 is 31.9 Å². The number of benzene rings is 2. The van der Waals surface area contributed by atoms with Gasteiger partial charge in [0.2, 0.25) is 0 Å². The third-order valence-electron chi connectivity index (χ3n) is 2.77. The smallest absolute Gasteiger partial charge is 0.129 e. The first-order chi connectivity index (χ1) is 8.59. The van der Waals surface area contributed by atoms with E-state index in [1.54, 1.807) is 12.1 Å². The van der Waals surface area contributed by atoms with Gasteiger partial charge < -0.3 is 5.73 Å². The first-order valence-corrected chi connectivity index (χ1v) is 7.11. The van der Waals surface area contributed by atoms with Gasteiger partial charge in [0, 0.05) is 20.6 Å². The van der Waals surface area contributed by atoms with Gasteiger partial charge in [0.1, 0.15) is 5.82 Å². The normalized spacial score (nSPS) is 12.4. The standard InChI is InChI=1S/C14H12Br2FN/c15-10-5-2-1-4-9(10)8-13(18)14-11(16)6-3-7-12(14)17/h1-7,13H,8,18H2. The van der Waals surface area contributed by atoms with E-state index in [4.69, 9.17) is 5.73 Å². The van der Waals surface area contributed by atoms with Gasteiger partial charge in [0.15, 0.2) is 0 Å². The minimum absolute atomic E-state index is 0.274. The van der Waals surface area contributed by atoms with E-state index >= 15 is 0 Å². The van der Waals surface area contributed by atoms with Gasteiger partial charge in [-0.2, -0.15) is 0 Å². The maximum absolute atomic E-state index is 13.8. The van der Waals surface area contributed by atoms with Crippen LogP contribution in [-0.2, 0) is 6.42 Å². The molecule has 0 aliphatic carbocycles. The van der Waals surface area contributed by atoms with E-state index in [0.29, 0.717) is 16.5 Å². The van der Waals surface area contributed by atoms with Gasteiger partial charge in [0.05, 0.1) is 0 Å². The largest absolute Gasteiger partial charge is 0.324 e. The minimum atomic E-state index is -0.376. The minimum Gasteiger partial charge on any atom is -0.324 e. The van der Waals surface area contributed by atoms with Crippen LogP contribution in [-0.4, -0.2) is 0 Å². The predicted octanol–water partition coefficient (Wildman–Crippen LogP) is 4.59. The van der Waals surface area contributed by atoms with Crippen LogP contribution in [0, 0.1) is 5.82 Å². The van der Waals surface area contributed by atoms with Crippen LogP contribution in [0.5, 0.6) is 0 Å². The van der Waals surface area contributed by atoms with Gasteiger partial charge in [-0.25, -0.2) is 4.39 Å². The molecule has 0 aromatic heterocycles. The number of nitrogens with two attached hydrogens (primary N) is 1. The fourth-order valence-corrected chi connectivity index (χ4v) is 2.95. The Morgan fingerprint density at radius 2 is 1.67 bits per heavy atom. The highest BCUT2D eigenvalue weighted by Crippen LogP contribution is 2.28. The molecule has 0 aliphatic rings. The number of hydrogen-bond acceptors (Lipinski definition) is 1. The van der Waals surface area contributed by atoms with Crippen molar-refractivity contribution in [3.63, 3.8) is 0 Å². The van der Waals surface area contributed by atoms with Crippen LogP contribution in [0.2, 0.25) is 0 Å². The van der Waals surface area contributed by atoms with Gasteiger partial charge in [-0.05, 0) is 30.2 Å². The van der Waals surface area contributed by atoms with Crippen LogP contribution in [0.1, 0.15) is 17.2 Å². The Hall–Kier alpha value is -0.710. The summed E-state index contributed by atoms with van der Waals surface area (Å²) in [6, 6.07) is 12.4. The molecule has 0 spiro atoms. The average Bonchev–Trinajstić information content (AvgIpc) is 2.32. The Morgan fingerprint density at radius 1 is 1.00 bits per heavy atom. The molecule has 94 valence electrons. The molecular formula is C14H12Br2FN. The van der Waals surface area contributed by atoms with Crippen LogP contribution in [0.3, 0.4) is 0 Å². The highest BCUT2D eigenvalue weighted by atomic mass is 79.9. The molecule has 2 aromatic carbocycles. The van der Waals surface area contributed by atoms with Crippen molar-refractivity contribution in [2.75, 3.05) is 0 Å². The second-order valence-corrected chi connectivity index (χ2v) is 5.75. The fraction of sp³-hybridized carbons (Fsp3) is 0.143. The van der Waals surface area contributed by atoms with Crippen molar-refractivity contribution < 1.29 is 4.39 Å². The number of rotatable bonds is 3. The van der Waals surface area contributed by atoms with E-state index < -0.39 is 0 Å². The van der Waals surface area contributed by atoms with Crippen molar-refractivity contribution in [2.45, 2.75) is 12.5 Å². The predicted molar refractivity (Wildman–Crippen MR) is 78.9 cm³/mol.